The predicted molar refractivity (Wildman–Crippen MR) is 91.8 cm³/mol. The molecule has 1 aromatic heterocycles. The molecule has 0 unspecified atom stereocenters. The summed E-state index contributed by atoms with van der Waals surface area (Å²) in [6, 6.07) is 13.3. The van der Waals surface area contributed by atoms with E-state index in [1.54, 1.807) is 13.1 Å². The quantitative estimate of drug-likeness (QED) is 0.902. The van der Waals surface area contributed by atoms with Crippen LogP contribution >= 0.6 is 0 Å². The number of nitrogens with zero attached hydrogens (tertiary/aromatic N) is 1. The highest BCUT2D eigenvalue weighted by Crippen LogP contribution is 2.34. The molecule has 1 fully saturated rings. The maximum atomic E-state index is 12.8. The minimum absolute atomic E-state index is 0.276. The molecule has 1 heterocycles. The molecule has 1 aromatic carbocycles. The van der Waals surface area contributed by atoms with E-state index < -0.39 is 11.5 Å². The molecule has 0 spiro atoms. The van der Waals surface area contributed by atoms with Crippen LogP contribution in [-0.2, 0) is 4.79 Å². The first-order valence-electron chi connectivity index (χ1n) is 8.30. The highest BCUT2D eigenvalue weighted by Gasteiger charge is 2.45. The molecule has 2 N–H and O–H groups in total. The summed E-state index contributed by atoms with van der Waals surface area (Å²) in [5.41, 5.74) is 1.17. The van der Waals surface area contributed by atoms with Crippen molar-refractivity contribution in [1.82, 2.24) is 9.88 Å². The summed E-state index contributed by atoms with van der Waals surface area (Å²) in [5.74, 6) is -1.19. The monoisotopic (exact) mass is 326 g/mol. The molecule has 0 aliphatic heterocycles. The van der Waals surface area contributed by atoms with Crippen LogP contribution in [0.1, 0.15) is 42.6 Å². The zero-order valence-corrected chi connectivity index (χ0v) is 13.8. The van der Waals surface area contributed by atoms with Gasteiger partial charge in [0.2, 0.25) is 0 Å². The fourth-order valence-electron chi connectivity index (χ4n) is 3.51. The zero-order valence-electron chi connectivity index (χ0n) is 13.8. The number of H-pyrrole nitrogens is 1. The van der Waals surface area contributed by atoms with E-state index in [4.69, 9.17) is 0 Å². The molecule has 0 saturated heterocycles. The average Bonchev–Trinajstić information content (AvgIpc) is 3.12. The molecule has 2 aromatic rings. The number of carbonyl (C=O) groups excluding carboxylic acids is 1. The lowest BCUT2D eigenvalue weighted by atomic mass is 9.80. The van der Waals surface area contributed by atoms with Crippen molar-refractivity contribution in [1.29, 1.82) is 0 Å². The topological polar surface area (TPSA) is 73.4 Å². The van der Waals surface area contributed by atoms with E-state index in [9.17, 15) is 14.7 Å². The molecule has 3 rings (SSSR count). The van der Waals surface area contributed by atoms with E-state index in [1.807, 2.05) is 36.4 Å². The van der Waals surface area contributed by atoms with E-state index in [0.29, 0.717) is 18.5 Å². The number of carbonyl (C=O) groups is 2. The Morgan fingerprint density at radius 3 is 2.33 bits per heavy atom. The maximum Gasteiger partial charge on any atom is 0.329 e. The molecular weight excluding hydrogens is 304 g/mol. The summed E-state index contributed by atoms with van der Waals surface area (Å²) < 4.78 is 0. The number of rotatable bonds is 4. The van der Waals surface area contributed by atoms with Crippen LogP contribution < -0.4 is 0 Å². The molecule has 5 nitrogen and oxygen atoms in total. The van der Waals surface area contributed by atoms with Crippen molar-refractivity contribution < 1.29 is 14.7 Å². The minimum Gasteiger partial charge on any atom is -0.479 e. The summed E-state index contributed by atoms with van der Waals surface area (Å²) in [4.78, 5) is 29.2. The van der Waals surface area contributed by atoms with Crippen LogP contribution in [0.4, 0.5) is 0 Å². The second-order valence-electron chi connectivity index (χ2n) is 6.41. The summed E-state index contributed by atoms with van der Waals surface area (Å²) in [6.07, 6.45) is 3.72. The van der Waals surface area contributed by atoms with E-state index in [0.717, 1.165) is 30.5 Å². The molecule has 1 saturated carbocycles. The lowest BCUT2D eigenvalue weighted by Gasteiger charge is -2.40. The molecular formula is C19H22N2O3. The summed E-state index contributed by atoms with van der Waals surface area (Å²) in [7, 11) is 1.60. The number of aromatic nitrogens is 1. The number of aromatic amines is 1. The van der Waals surface area contributed by atoms with Gasteiger partial charge in [-0.25, -0.2) is 4.79 Å². The van der Waals surface area contributed by atoms with Crippen molar-refractivity contribution in [2.45, 2.75) is 37.6 Å². The van der Waals surface area contributed by atoms with Crippen LogP contribution in [0.25, 0.3) is 11.3 Å². The summed E-state index contributed by atoms with van der Waals surface area (Å²) in [6.45, 7) is 0. The van der Waals surface area contributed by atoms with Gasteiger partial charge in [-0.1, -0.05) is 49.6 Å². The number of hydrogen-bond donors (Lipinski definition) is 2. The molecule has 126 valence electrons. The van der Waals surface area contributed by atoms with E-state index in [1.165, 1.54) is 4.90 Å². The first-order valence-corrected chi connectivity index (χ1v) is 8.30. The van der Waals surface area contributed by atoms with Crippen molar-refractivity contribution in [3.05, 3.63) is 48.2 Å². The second-order valence-corrected chi connectivity index (χ2v) is 6.41. The van der Waals surface area contributed by atoms with Crippen molar-refractivity contribution in [2.24, 2.45) is 0 Å². The van der Waals surface area contributed by atoms with Gasteiger partial charge in [0.1, 0.15) is 11.2 Å². The maximum absolute atomic E-state index is 12.8. The van der Waals surface area contributed by atoms with Gasteiger partial charge in [0.05, 0.1) is 0 Å². The third-order valence-electron chi connectivity index (χ3n) is 5.03. The highest BCUT2D eigenvalue weighted by molar-refractivity contribution is 5.97. The third kappa shape index (κ3) is 2.82. The third-order valence-corrected chi connectivity index (χ3v) is 5.03. The van der Waals surface area contributed by atoms with E-state index in [2.05, 4.69) is 4.98 Å². The van der Waals surface area contributed by atoms with Crippen molar-refractivity contribution >= 4 is 11.9 Å². The first-order chi connectivity index (χ1) is 11.5. The number of likely N-dealkylation sites (N-methyl/N-ethyl adjacent to an activating group) is 1. The number of benzene rings is 1. The Morgan fingerprint density at radius 2 is 1.71 bits per heavy atom. The highest BCUT2D eigenvalue weighted by atomic mass is 16.4. The van der Waals surface area contributed by atoms with Gasteiger partial charge in [-0.15, -0.1) is 0 Å². The molecule has 0 radical (unpaired) electrons. The minimum atomic E-state index is -1.09. The van der Waals surface area contributed by atoms with E-state index >= 15 is 0 Å². The van der Waals surface area contributed by atoms with Gasteiger partial charge >= 0.3 is 5.97 Å². The van der Waals surface area contributed by atoms with Gasteiger partial charge in [-0.3, -0.25) is 4.79 Å². The van der Waals surface area contributed by atoms with Gasteiger partial charge in [0.15, 0.2) is 0 Å². The lowest BCUT2D eigenvalue weighted by molar-refractivity contribution is -0.151. The number of carboxylic acids is 1. The normalized spacial score (nSPS) is 16.5. The van der Waals surface area contributed by atoms with Crippen molar-refractivity contribution in [3.8, 4) is 11.3 Å². The zero-order chi connectivity index (χ0) is 17.2. The second kappa shape index (κ2) is 6.51. The molecule has 1 aliphatic carbocycles. The number of hydrogen-bond acceptors (Lipinski definition) is 2. The SMILES string of the molecule is CN(C(=O)c1ccc(-c2ccccc2)[nH]1)C1(C(=O)O)CCCCC1. The predicted octanol–water partition coefficient (Wildman–Crippen LogP) is 3.54. The molecule has 1 aliphatic rings. The summed E-state index contributed by atoms with van der Waals surface area (Å²) in [5, 5.41) is 9.73. The molecule has 1 amide bonds. The van der Waals surface area contributed by atoms with Gasteiger partial charge in [-0.2, -0.15) is 0 Å². The number of aliphatic carboxylic acids is 1. The number of amides is 1. The first kappa shape index (κ1) is 16.3. The van der Waals surface area contributed by atoms with Crippen molar-refractivity contribution in [2.75, 3.05) is 7.05 Å². The van der Waals surface area contributed by atoms with Gasteiger partial charge in [0.25, 0.3) is 5.91 Å². The smallest absolute Gasteiger partial charge is 0.329 e. The van der Waals surface area contributed by atoms with Crippen LogP contribution in [0.3, 0.4) is 0 Å². The molecule has 24 heavy (non-hydrogen) atoms. The number of carboxylic acid groups (broad SMARTS) is 1. The van der Waals surface area contributed by atoms with Crippen LogP contribution in [0.15, 0.2) is 42.5 Å². The molecule has 5 heteroatoms. The van der Waals surface area contributed by atoms with Crippen LogP contribution in [0.5, 0.6) is 0 Å². The largest absolute Gasteiger partial charge is 0.479 e. The summed E-state index contributed by atoms with van der Waals surface area (Å²) >= 11 is 0. The lowest BCUT2D eigenvalue weighted by Crippen LogP contribution is -2.56. The Balaban J connectivity index is 1.86. The Morgan fingerprint density at radius 1 is 1.04 bits per heavy atom. The Bertz CT molecular complexity index is 730. The fraction of sp³-hybridized carbons (Fsp3) is 0.368. The van der Waals surface area contributed by atoms with Gasteiger partial charge in [-0.05, 0) is 30.5 Å². The standard InChI is InChI=1S/C19H22N2O3/c1-21(19(18(23)24)12-6-3-7-13-19)17(22)16-11-10-15(20-16)14-8-4-2-5-9-14/h2,4-5,8-11,20H,3,6-7,12-13H2,1H3,(H,23,24). The van der Waals surface area contributed by atoms with Gasteiger partial charge in [0, 0.05) is 12.7 Å². The Hall–Kier alpha value is -2.56. The molecule has 0 atom stereocenters. The Labute approximate surface area is 141 Å². The van der Waals surface area contributed by atoms with Crippen LogP contribution in [0.2, 0.25) is 0 Å². The Kier molecular flexibility index (Phi) is 4.42. The van der Waals surface area contributed by atoms with Crippen molar-refractivity contribution in [3.63, 3.8) is 0 Å². The number of nitrogens with one attached hydrogen (secondary N) is 1. The molecule has 0 bridgehead atoms. The van der Waals surface area contributed by atoms with E-state index in [-0.39, 0.29) is 5.91 Å². The van der Waals surface area contributed by atoms with Crippen LogP contribution in [-0.4, -0.2) is 39.5 Å². The average molecular weight is 326 g/mol. The van der Waals surface area contributed by atoms with Crippen LogP contribution in [0, 0.1) is 0 Å². The fourth-order valence-corrected chi connectivity index (χ4v) is 3.51. The van der Waals surface area contributed by atoms with Gasteiger partial charge < -0.3 is 15.0 Å².